The Balaban J connectivity index is 1.50. The van der Waals surface area contributed by atoms with Crippen LogP contribution in [0.25, 0.3) is 16.7 Å². The number of benzene rings is 1. The number of aliphatic imine (C=N–C) groups is 1. The molecule has 3 aromatic rings. The van der Waals surface area contributed by atoms with E-state index in [0.717, 1.165) is 54.2 Å². The zero-order valence-electron chi connectivity index (χ0n) is 17.0. The van der Waals surface area contributed by atoms with Crippen LogP contribution >= 0.6 is 11.8 Å². The summed E-state index contributed by atoms with van der Waals surface area (Å²) in [7, 11) is 0. The fourth-order valence-corrected chi connectivity index (χ4v) is 5.37. The van der Waals surface area contributed by atoms with E-state index in [2.05, 4.69) is 52.5 Å². The van der Waals surface area contributed by atoms with E-state index in [1.807, 2.05) is 36.9 Å². The number of anilines is 1. The molecular formula is C22H24N6S. The van der Waals surface area contributed by atoms with Crippen molar-refractivity contribution < 1.29 is 0 Å². The Kier molecular flexibility index (Phi) is 4.30. The molecule has 1 fully saturated rings. The summed E-state index contributed by atoms with van der Waals surface area (Å²) in [6.45, 7) is 10.2. The summed E-state index contributed by atoms with van der Waals surface area (Å²) in [6, 6.07) is 12.6. The number of hydrogen-bond donors (Lipinski definition) is 0. The van der Waals surface area contributed by atoms with Crippen molar-refractivity contribution in [3.63, 3.8) is 0 Å². The van der Waals surface area contributed by atoms with Crippen LogP contribution in [-0.4, -0.2) is 56.9 Å². The second-order valence-corrected chi connectivity index (χ2v) is 9.99. The molecule has 2 aliphatic heterocycles. The van der Waals surface area contributed by atoms with E-state index in [1.165, 1.54) is 0 Å². The van der Waals surface area contributed by atoms with E-state index in [-0.39, 0.29) is 10.2 Å². The van der Waals surface area contributed by atoms with Crippen molar-refractivity contribution in [2.45, 2.75) is 31.0 Å². The maximum absolute atomic E-state index is 9.70. The van der Waals surface area contributed by atoms with E-state index in [4.69, 9.17) is 9.98 Å². The SMILES string of the molecule is Cc1cc(N2CCN(C3N=CC(C)(C)S3)CC2)n2c(nc3ccccc32)c1C#N. The van der Waals surface area contributed by atoms with Crippen molar-refractivity contribution in [1.29, 1.82) is 5.26 Å². The highest BCUT2D eigenvalue weighted by Gasteiger charge is 2.33. The van der Waals surface area contributed by atoms with Crippen LogP contribution < -0.4 is 4.90 Å². The van der Waals surface area contributed by atoms with Crippen LogP contribution in [0, 0.1) is 18.3 Å². The van der Waals surface area contributed by atoms with Crippen molar-refractivity contribution in [2.75, 3.05) is 31.1 Å². The minimum Gasteiger partial charge on any atom is -0.355 e. The van der Waals surface area contributed by atoms with Gasteiger partial charge in [0.05, 0.1) is 16.6 Å². The molecule has 1 atom stereocenters. The maximum atomic E-state index is 9.70. The Hall–Kier alpha value is -2.56. The molecule has 29 heavy (non-hydrogen) atoms. The molecule has 0 saturated carbocycles. The molecule has 1 saturated heterocycles. The summed E-state index contributed by atoms with van der Waals surface area (Å²) in [5.41, 5.74) is 4.59. The first-order valence-electron chi connectivity index (χ1n) is 9.99. The normalized spacial score (nSPS) is 21.9. The Morgan fingerprint density at radius 3 is 2.62 bits per heavy atom. The molecule has 6 nitrogen and oxygen atoms in total. The summed E-state index contributed by atoms with van der Waals surface area (Å²) >= 11 is 1.92. The summed E-state index contributed by atoms with van der Waals surface area (Å²) in [6.07, 6.45) is 2.08. The summed E-state index contributed by atoms with van der Waals surface area (Å²) in [5, 5.41) is 9.70. The third-order valence-electron chi connectivity index (χ3n) is 5.74. The number of nitrogens with zero attached hydrogens (tertiary/aromatic N) is 6. The van der Waals surface area contributed by atoms with Crippen LogP contribution in [0.2, 0.25) is 0 Å². The average molecular weight is 405 g/mol. The number of pyridine rings is 1. The summed E-state index contributed by atoms with van der Waals surface area (Å²) in [4.78, 5) is 14.4. The number of fused-ring (bicyclic) bond motifs is 3. The van der Waals surface area contributed by atoms with Crippen LogP contribution in [0.5, 0.6) is 0 Å². The topological polar surface area (TPSA) is 59.9 Å². The first kappa shape index (κ1) is 18.5. The molecule has 0 amide bonds. The number of piperazine rings is 1. The number of imidazole rings is 1. The third kappa shape index (κ3) is 3.07. The van der Waals surface area contributed by atoms with E-state index < -0.39 is 0 Å². The highest BCUT2D eigenvalue weighted by atomic mass is 32.2. The number of nitriles is 1. The Morgan fingerprint density at radius 2 is 1.93 bits per heavy atom. The van der Waals surface area contributed by atoms with Gasteiger partial charge in [0.2, 0.25) is 0 Å². The largest absolute Gasteiger partial charge is 0.355 e. The van der Waals surface area contributed by atoms with Gasteiger partial charge in [0.25, 0.3) is 0 Å². The molecule has 2 aliphatic rings. The molecule has 1 unspecified atom stereocenters. The van der Waals surface area contributed by atoms with Gasteiger partial charge in [0.1, 0.15) is 17.4 Å². The van der Waals surface area contributed by atoms with Gasteiger partial charge < -0.3 is 4.90 Å². The van der Waals surface area contributed by atoms with Crippen LogP contribution in [0.1, 0.15) is 25.0 Å². The molecule has 0 radical (unpaired) electrons. The van der Waals surface area contributed by atoms with Crippen LogP contribution in [0.4, 0.5) is 5.82 Å². The number of para-hydroxylation sites is 2. The van der Waals surface area contributed by atoms with E-state index in [0.29, 0.717) is 5.56 Å². The Labute approximate surface area is 174 Å². The van der Waals surface area contributed by atoms with Crippen molar-refractivity contribution in [2.24, 2.45) is 4.99 Å². The van der Waals surface area contributed by atoms with Crippen LogP contribution in [0.15, 0.2) is 35.3 Å². The zero-order valence-corrected chi connectivity index (χ0v) is 17.8. The lowest BCUT2D eigenvalue weighted by molar-refractivity contribution is 0.246. The Bertz CT molecular complexity index is 1160. The quantitative estimate of drug-likeness (QED) is 0.652. The molecule has 5 rings (SSSR count). The lowest BCUT2D eigenvalue weighted by Crippen LogP contribution is -2.49. The monoisotopic (exact) mass is 404 g/mol. The molecule has 0 spiro atoms. The first-order chi connectivity index (χ1) is 14.0. The number of aromatic nitrogens is 2. The summed E-state index contributed by atoms with van der Waals surface area (Å²) < 4.78 is 2.27. The van der Waals surface area contributed by atoms with Crippen molar-refractivity contribution >= 4 is 40.5 Å². The molecule has 4 heterocycles. The van der Waals surface area contributed by atoms with Crippen LogP contribution in [0.3, 0.4) is 0 Å². The minimum atomic E-state index is 0.119. The average Bonchev–Trinajstić information content (AvgIpc) is 3.27. The molecule has 148 valence electrons. The fraction of sp³-hybridized carbons (Fsp3) is 0.409. The second kappa shape index (κ2) is 6.75. The summed E-state index contributed by atoms with van der Waals surface area (Å²) in [5.74, 6) is 1.12. The number of thioether (sulfide) groups is 1. The highest BCUT2D eigenvalue weighted by Crippen LogP contribution is 2.36. The van der Waals surface area contributed by atoms with Crippen molar-refractivity contribution in [3.8, 4) is 6.07 Å². The molecule has 0 aliphatic carbocycles. The van der Waals surface area contributed by atoms with Gasteiger partial charge in [-0.2, -0.15) is 5.26 Å². The minimum absolute atomic E-state index is 0.119. The van der Waals surface area contributed by atoms with E-state index in [9.17, 15) is 5.26 Å². The predicted molar refractivity (Wildman–Crippen MR) is 120 cm³/mol. The van der Waals surface area contributed by atoms with Gasteiger partial charge >= 0.3 is 0 Å². The van der Waals surface area contributed by atoms with Crippen LogP contribution in [-0.2, 0) is 0 Å². The van der Waals surface area contributed by atoms with Gasteiger partial charge in [-0.15, -0.1) is 11.8 Å². The van der Waals surface area contributed by atoms with Gasteiger partial charge in [-0.05, 0) is 44.5 Å². The lowest BCUT2D eigenvalue weighted by atomic mass is 10.1. The van der Waals surface area contributed by atoms with Crippen molar-refractivity contribution in [3.05, 3.63) is 41.5 Å². The molecule has 0 N–H and O–H groups in total. The van der Waals surface area contributed by atoms with Gasteiger partial charge in [-0.1, -0.05) is 12.1 Å². The molecule has 1 aromatic carbocycles. The zero-order chi connectivity index (χ0) is 20.2. The first-order valence-corrected chi connectivity index (χ1v) is 10.9. The molecular weight excluding hydrogens is 380 g/mol. The predicted octanol–water partition coefficient (Wildman–Crippen LogP) is 3.67. The van der Waals surface area contributed by atoms with Gasteiger partial charge in [0, 0.05) is 37.1 Å². The number of hydrogen-bond acceptors (Lipinski definition) is 6. The standard InChI is InChI=1S/C22H24N6S/c1-15-12-19(26-8-10-27(11-9-26)21-24-14-22(2,3)29-21)28-18-7-5-4-6-17(18)25-20(28)16(15)13-23/h4-7,12,14,21H,8-11H2,1-3H3. The molecule has 7 heteroatoms. The van der Waals surface area contributed by atoms with E-state index >= 15 is 0 Å². The van der Waals surface area contributed by atoms with Crippen molar-refractivity contribution in [1.82, 2.24) is 14.3 Å². The number of rotatable bonds is 2. The number of aryl methyl sites for hydroxylation is 1. The third-order valence-corrected chi connectivity index (χ3v) is 7.08. The Morgan fingerprint density at radius 1 is 1.17 bits per heavy atom. The van der Waals surface area contributed by atoms with Gasteiger partial charge in [-0.3, -0.25) is 14.3 Å². The highest BCUT2D eigenvalue weighted by molar-refractivity contribution is 8.02. The fourth-order valence-electron chi connectivity index (χ4n) is 4.22. The molecule has 2 aromatic heterocycles. The lowest BCUT2D eigenvalue weighted by Gasteiger charge is -2.38. The van der Waals surface area contributed by atoms with Gasteiger partial charge in [0.15, 0.2) is 5.65 Å². The molecule has 0 bridgehead atoms. The smallest absolute Gasteiger partial charge is 0.157 e. The van der Waals surface area contributed by atoms with Gasteiger partial charge in [-0.25, -0.2) is 4.98 Å². The maximum Gasteiger partial charge on any atom is 0.157 e. The van der Waals surface area contributed by atoms with E-state index in [1.54, 1.807) is 0 Å². The second-order valence-electron chi connectivity index (χ2n) is 8.28.